The summed E-state index contributed by atoms with van der Waals surface area (Å²) in [6.45, 7) is 16.0. The van der Waals surface area contributed by atoms with Crippen LogP contribution in [0.15, 0.2) is 30.4 Å². The molecule has 100 valence electrons. The SMILES string of the molecule is C=C(C)C.CC/C=C(\C)c1cc(N)c(C)cc1C. The maximum atomic E-state index is 5.90. The van der Waals surface area contributed by atoms with Crippen LogP contribution < -0.4 is 5.73 Å². The van der Waals surface area contributed by atoms with E-state index in [-0.39, 0.29) is 0 Å². The summed E-state index contributed by atoms with van der Waals surface area (Å²) in [5, 5.41) is 0. The molecule has 0 heterocycles. The van der Waals surface area contributed by atoms with Crippen LogP contribution in [-0.4, -0.2) is 0 Å². The van der Waals surface area contributed by atoms with Crippen LogP contribution in [0, 0.1) is 13.8 Å². The van der Waals surface area contributed by atoms with Crippen molar-refractivity contribution in [2.24, 2.45) is 0 Å². The summed E-state index contributed by atoms with van der Waals surface area (Å²) in [5.74, 6) is 0. The molecule has 0 aliphatic carbocycles. The van der Waals surface area contributed by atoms with Crippen molar-refractivity contribution in [2.45, 2.75) is 48.0 Å². The molecule has 1 heteroatoms. The fraction of sp³-hybridized carbons (Fsp3) is 0.412. The summed E-state index contributed by atoms with van der Waals surface area (Å²) in [6, 6.07) is 4.23. The first kappa shape index (κ1) is 16.5. The second-order valence-electron chi connectivity index (χ2n) is 5.03. The molecule has 0 saturated carbocycles. The fourth-order valence-corrected chi connectivity index (χ4v) is 1.71. The van der Waals surface area contributed by atoms with E-state index in [4.69, 9.17) is 5.73 Å². The molecule has 0 aliphatic rings. The van der Waals surface area contributed by atoms with Gasteiger partial charge in [0, 0.05) is 5.69 Å². The van der Waals surface area contributed by atoms with E-state index in [0.717, 1.165) is 17.7 Å². The normalized spacial score (nSPS) is 10.7. The van der Waals surface area contributed by atoms with Crippen LogP contribution in [0.25, 0.3) is 5.57 Å². The van der Waals surface area contributed by atoms with Crippen LogP contribution in [0.4, 0.5) is 5.69 Å². The van der Waals surface area contributed by atoms with Gasteiger partial charge in [0.2, 0.25) is 0 Å². The maximum absolute atomic E-state index is 5.90. The lowest BCUT2D eigenvalue weighted by Crippen LogP contribution is -1.94. The first-order valence-corrected chi connectivity index (χ1v) is 6.45. The van der Waals surface area contributed by atoms with Crippen LogP contribution in [0.3, 0.4) is 0 Å². The average molecular weight is 245 g/mol. The second kappa shape index (κ2) is 7.75. The minimum atomic E-state index is 0.884. The van der Waals surface area contributed by atoms with E-state index in [0.29, 0.717) is 0 Å². The molecule has 0 radical (unpaired) electrons. The van der Waals surface area contributed by atoms with Gasteiger partial charge < -0.3 is 5.73 Å². The molecule has 18 heavy (non-hydrogen) atoms. The van der Waals surface area contributed by atoms with Crippen LogP contribution in [0.2, 0.25) is 0 Å². The van der Waals surface area contributed by atoms with Gasteiger partial charge >= 0.3 is 0 Å². The van der Waals surface area contributed by atoms with Gasteiger partial charge in [-0.2, -0.15) is 0 Å². The average Bonchev–Trinajstić information content (AvgIpc) is 2.23. The Morgan fingerprint density at radius 1 is 1.17 bits per heavy atom. The van der Waals surface area contributed by atoms with Crippen LogP contribution in [-0.2, 0) is 0 Å². The predicted molar refractivity (Wildman–Crippen MR) is 84.8 cm³/mol. The monoisotopic (exact) mass is 245 g/mol. The quantitative estimate of drug-likeness (QED) is 0.556. The molecule has 0 unspecified atom stereocenters. The third-order valence-electron chi connectivity index (χ3n) is 2.55. The first-order valence-electron chi connectivity index (χ1n) is 6.45. The molecule has 1 aromatic carbocycles. The molecule has 0 aliphatic heterocycles. The van der Waals surface area contributed by atoms with Crippen molar-refractivity contribution in [1.82, 2.24) is 0 Å². The van der Waals surface area contributed by atoms with E-state index in [1.165, 1.54) is 22.3 Å². The van der Waals surface area contributed by atoms with Gasteiger partial charge in [0.05, 0.1) is 0 Å². The van der Waals surface area contributed by atoms with Gasteiger partial charge in [0.1, 0.15) is 0 Å². The van der Waals surface area contributed by atoms with E-state index in [1.54, 1.807) is 0 Å². The second-order valence-corrected chi connectivity index (χ2v) is 5.03. The molecule has 0 spiro atoms. The number of nitrogens with two attached hydrogens (primary N) is 1. The number of rotatable bonds is 2. The zero-order chi connectivity index (χ0) is 14.3. The van der Waals surface area contributed by atoms with E-state index in [9.17, 15) is 0 Å². The number of anilines is 1. The highest BCUT2D eigenvalue weighted by Crippen LogP contribution is 2.24. The number of hydrogen-bond donors (Lipinski definition) is 1. The molecular formula is C17H27N. The van der Waals surface area contributed by atoms with Gasteiger partial charge in [-0.25, -0.2) is 0 Å². The summed E-state index contributed by atoms with van der Waals surface area (Å²) in [5.41, 5.74) is 13.0. The molecule has 1 rings (SSSR count). The Morgan fingerprint density at radius 2 is 1.67 bits per heavy atom. The lowest BCUT2D eigenvalue weighted by molar-refractivity contribution is 1.22. The lowest BCUT2D eigenvalue weighted by Gasteiger charge is -2.09. The number of aryl methyl sites for hydroxylation is 2. The van der Waals surface area contributed by atoms with Crippen LogP contribution >= 0.6 is 0 Å². The number of allylic oxidation sites excluding steroid dienone is 3. The molecule has 1 nitrogen and oxygen atoms in total. The van der Waals surface area contributed by atoms with Gasteiger partial charge in [0.25, 0.3) is 0 Å². The summed E-state index contributed by atoms with van der Waals surface area (Å²) in [6.07, 6.45) is 3.30. The van der Waals surface area contributed by atoms with Gasteiger partial charge in [-0.3, -0.25) is 0 Å². The topological polar surface area (TPSA) is 26.0 Å². The molecule has 1 aromatic rings. The Labute approximate surface area is 112 Å². The highest BCUT2D eigenvalue weighted by atomic mass is 14.6. The number of benzene rings is 1. The van der Waals surface area contributed by atoms with Gasteiger partial charge in [-0.05, 0) is 69.4 Å². The number of hydrogen-bond acceptors (Lipinski definition) is 1. The standard InChI is InChI=1S/C13H19N.C4H8/c1-5-6-9(2)12-8-13(14)11(4)7-10(12)3;1-4(2)3/h6-8H,5,14H2,1-4H3;1H2,2-3H3/b9-6+;. The van der Waals surface area contributed by atoms with Crippen molar-refractivity contribution < 1.29 is 0 Å². The van der Waals surface area contributed by atoms with Crippen molar-refractivity contribution in [2.75, 3.05) is 5.73 Å². The summed E-state index contributed by atoms with van der Waals surface area (Å²) in [4.78, 5) is 0. The number of nitrogen functional groups attached to an aromatic ring is 1. The Hall–Kier alpha value is -1.50. The minimum Gasteiger partial charge on any atom is -0.398 e. The fourth-order valence-electron chi connectivity index (χ4n) is 1.71. The Balaban J connectivity index is 0.000000631. The summed E-state index contributed by atoms with van der Waals surface area (Å²) >= 11 is 0. The van der Waals surface area contributed by atoms with E-state index in [2.05, 4.69) is 45.6 Å². The molecule has 0 bridgehead atoms. The molecule has 0 fully saturated rings. The van der Waals surface area contributed by atoms with Crippen molar-refractivity contribution >= 4 is 11.3 Å². The summed E-state index contributed by atoms with van der Waals surface area (Å²) < 4.78 is 0. The Morgan fingerprint density at radius 3 is 2.11 bits per heavy atom. The molecule has 0 atom stereocenters. The first-order chi connectivity index (χ1) is 8.29. The van der Waals surface area contributed by atoms with E-state index < -0.39 is 0 Å². The zero-order valence-electron chi connectivity index (χ0n) is 12.7. The summed E-state index contributed by atoms with van der Waals surface area (Å²) in [7, 11) is 0. The van der Waals surface area contributed by atoms with Crippen LogP contribution in [0.5, 0.6) is 0 Å². The molecule has 0 amide bonds. The van der Waals surface area contributed by atoms with Crippen molar-refractivity contribution in [1.29, 1.82) is 0 Å². The lowest BCUT2D eigenvalue weighted by atomic mass is 9.98. The minimum absolute atomic E-state index is 0.884. The third-order valence-corrected chi connectivity index (χ3v) is 2.55. The molecule has 2 N–H and O–H groups in total. The maximum Gasteiger partial charge on any atom is 0.0350 e. The molecule has 0 saturated heterocycles. The van der Waals surface area contributed by atoms with Gasteiger partial charge in [-0.1, -0.05) is 24.6 Å². The Bertz CT molecular complexity index is 435. The highest BCUT2D eigenvalue weighted by molar-refractivity contribution is 5.70. The molecular weight excluding hydrogens is 218 g/mol. The Kier molecular flexibility index (Phi) is 7.11. The smallest absolute Gasteiger partial charge is 0.0350 e. The third kappa shape index (κ3) is 5.72. The van der Waals surface area contributed by atoms with Gasteiger partial charge in [-0.15, -0.1) is 6.58 Å². The predicted octanol–water partition coefficient (Wildman–Crippen LogP) is 5.28. The van der Waals surface area contributed by atoms with Crippen molar-refractivity contribution in [3.63, 3.8) is 0 Å². The van der Waals surface area contributed by atoms with Crippen molar-refractivity contribution in [3.05, 3.63) is 47.1 Å². The van der Waals surface area contributed by atoms with Crippen LogP contribution in [0.1, 0.15) is 50.8 Å². The van der Waals surface area contributed by atoms with Crippen molar-refractivity contribution in [3.8, 4) is 0 Å². The van der Waals surface area contributed by atoms with E-state index >= 15 is 0 Å². The molecule has 0 aromatic heterocycles. The highest BCUT2D eigenvalue weighted by Gasteiger charge is 2.03. The largest absolute Gasteiger partial charge is 0.398 e. The van der Waals surface area contributed by atoms with E-state index in [1.807, 2.05) is 20.8 Å². The zero-order valence-corrected chi connectivity index (χ0v) is 12.7. The van der Waals surface area contributed by atoms with Gasteiger partial charge in [0.15, 0.2) is 0 Å².